The van der Waals surface area contributed by atoms with E-state index in [1.807, 2.05) is 0 Å². The summed E-state index contributed by atoms with van der Waals surface area (Å²) in [6.45, 7) is 2.23. The zero-order valence-corrected chi connectivity index (χ0v) is 19.9. The van der Waals surface area contributed by atoms with Crippen molar-refractivity contribution >= 4 is 17.5 Å². The molecule has 5 aliphatic rings. The Morgan fingerprint density at radius 2 is 1.91 bits per heavy atom. The molecule has 4 fully saturated rings. The number of aliphatic hydroxyl groups excluding tert-OH is 2. The summed E-state index contributed by atoms with van der Waals surface area (Å²) < 4.78 is 12.0. The molecule has 182 valence electrons. The molecule has 2 aromatic rings. The van der Waals surface area contributed by atoms with Gasteiger partial charge in [0.1, 0.15) is 5.75 Å². The predicted octanol–water partition coefficient (Wildman–Crippen LogP) is 3.55. The fraction of sp³-hybridized carbons (Fsp3) is 0.640. The number of aliphatic hydroxyl groups is 2. The lowest BCUT2D eigenvalue weighted by atomic mass is 9.55. The number of rotatable bonds is 4. The molecule has 34 heavy (non-hydrogen) atoms. The van der Waals surface area contributed by atoms with Crippen molar-refractivity contribution in [3.8, 4) is 5.75 Å². The molecule has 9 heteroatoms. The van der Waals surface area contributed by atoms with Crippen LogP contribution in [0.2, 0.25) is 5.02 Å². The Balaban J connectivity index is 1.14. The monoisotopic (exact) mass is 487 g/mol. The van der Waals surface area contributed by atoms with Crippen LogP contribution >= 0.6 is 11.6 Å². The van der Waals surface area contributed by atoms with Gasteiger partial charge in [0, 0.05) is 22.9 Å². The van der Waals surface area contributed by atoms with Gasteiger partial charge in [-0.15, -0.1) is 10.2 Å². The van der Waals surface area contributed by atoms with E-state index >= 15 is 0 Å². The maximum Gasteiger partial charge on any atom is 0.261 e. The van der Waals surface area contributed by atoms with E-state index in [4.69, 9.17) is 20.8 Å². The number of halogens is 1. The Hall–Kier alpha value is -2.16. The molecule has 1 aliphatic heterocycles. The molecule has 0 radical (unpaired) electrons. The zero-order chi connectivity index (χ0) is 23.7. The molecule has 1 amide bonds. The number of carbonyl (C=O) groups is 1. The summed E-state index contributed by atoms with van der Waals surface area (Å²) >= 11 is 6.03. The largest absolute Gasteiger partial charge is 0.480 e. The lowest BCUT2D eigenvalue weighted by Gasteiger charge is -2.55. The average molecular weight is 488 g/mol. The van der Waals surface area contributed by atoms with Gasteiger partial charge in [-0.1, -0.05) is 18.5 Å². The van der Waals surface area contributed by atoms with Gasteiger partial charge in [-0.2, -0.15) is 0 Å². The first-order valence-electron chi connectivity index (χ1n) is 12.3. The number of aromatic nitrogens is 2. The van der Waals surface area contributed by atoms with Crippen LogP contribution < -0.4 is 10.1 Å². The molecule has 1 aromatic carbocycles. The minimum atomic E-state index is -0.837. The average Bonchev–Trinajstić information content (AvgIpc) is 3.29. The maximum atomic E-state index is 13.2. The number of nitrogens with one attached hydrogen (secondary N) is 1. The topological polar surface area (TPSA) is 118 Å². The molecule has 0 spiro atoms. The van der Waals surface area contributed by atoms with Crippen molar-refractivity contribution in [3.05, 3.63) is 40.6 Å². The van der Waals surface area contributed by atoms with Crippen LogP contribution in [0.5, 0.6) is 5.75 Å². The first kappa shape index (κ1) is 22.3. The highest BCUT2D eigenvalue weighted by molar-refractivity contribution is 6.30. The van der Waals surface area contributed by atoms with Gasteiger partial charge in [-0.05, 0) is 69.1 Å². The summed E-state index contributed by atoms with van der Waals surface area (Å²) in [6.07, 6.45) is 3.18. The van der Waals surface area contributed by atoms with Crippen molar-refractivity contribution in [2.45, 2.75) is 93.5 Å². The van der Waals surface area contributed by atoms with E-state index in [9.17, 15) is 15.0 Å². The maximum absolute atomic E-state index is 13.2. The summed E-state index contributed by atoms with van der Waals surface area (Å²) in [6, 6.07) is 5.01. The van der Waals surface area contributed by atoms with Crippen molar-refractivity contribution in [1.82, 2.24) is 15.5 Å². The van der Waals surface area contributed by atoms with Crippen LogP contribution in [0.1, 0.15) is 87.7 Å². The van der Waals surface area contributed by atoms with Crippen LogP contribution in [0.4, 0.5) is 0 Å². The smallest absolute Gasteiger partial charge is 0.261 e. The number of carbonyl (C=O) groups excluding carboxylic acids is 1. The first-order chi connectivity index (χ1) is 16.3. The van der Waals surface area contributed by atoms with Crippen molar-refractivity contribution in [2.75, 3.05) is 0 Å². The Kier molecular flexibility index (Phi) is 5.21. The van der Waals surface area contributed by atoms with Gasteiger partial charge in [0.2, 0.25) is 11.8 Å². The lowest BCUT2D eigenvalue weighted by molar-refractivity contribution is -0.139. The molecule has 1 aromatic heterocycles. The summed E-state index contributed by atoms with van der Waals surface area (Å²) in [5, 5.41) is 34.0. The normalized spacial score (nSPS) is 38.5. The summed E-state index contributed by atoms with van der Waals surface area (Å²) in [7, 11) is 0. The standard InChI is InChI=1S/C25H30ClN3O5/c1-13-8-14(9-13)22-28-29-23(34-22)24-4-6-25(7-5-24,20(31)12-24)27-21(32)19-11-17(30)16-10-15(26)2-3-18(16)33-19/h2-3,10,13-14,17,19-20,30-31H,4-9,11-12H2,1H3,(H,27,32)/t13?,14?,17?,19?,20-,24?,25?/m0/s1. The Bertz CT molecular complexity index is 1110. The molecular formula is C25H30ClN3O5. The number of benzene rings is 1. The second kappa shape index (κ2) is 7.93. The lowest BCUT2D eigenvalue weighted by Crippen LogP contribution is -2.67. The third-order valence-electron chi connectivity index (χ3n) is 8.64. The zero-order valence-electron chi connectivity index (χ0n) is 19.2. The molecule has 4 saturated carbocycles. The molecule has 2 unspecified atom stereocenters. The number of hydrogen-bond acceptors (Lipinski definition) is 7. The summed E-state index contributed by atoms with van der Waals surface area (Å²) in [5.41, 5.74) is -0.452. The molecule has 8 nitrogen and oxygen atoms in total. The van der Waals surface area contributed by atoms with E-state index in [0.717, 1.165) is 31.6 Å². The SMILES string of the molecule is CC1CC(c2nnc(C34CCC(NC(=O)C5CC(O)c6cc(Cl)ccc6O5)(CC3)[C@@H](O)C4)o2)C1. The Morgan fingerprint density at radius 3 is 2.62 bits per heavy atom. The molecule has 4 aliphatic carbocycles. The molecule has 3 N–H and O–H groups in total. The number of hydrogen-bond donors (Lipinski definition) is 3. The molecule has 2 bridgehead atoms. The number of ether oxygens (including phenoxy) is 1. The fourth-order valence-electron chi connectivity index (χ4n) is 6.41. The minimum Gasteiger partial charge on any atom is -0.480 e. The Labute approximate surface area is 203 Å². The first-order valence-corrected chi connectivity index (χ1v) is 12.6. The van der Waals surface area contributed by atoms with Gasteiger partial charge in [-0.3, -0.25) is 4.79 Å². The van der Waals surface area contributed by atoms with E-state index in [1.54, 1.807) is 18.2 Å². The van der Waals surface area contributed by atoms with Gasteiger partial charge in [0.05, 0.1) is 23.2 Å². The van der Waals surface area contributed by atoms with Gasteiger partial charge in [0.15, 0.2) is 6.10 Å². The third-order valence-corrected chi connectivity index (χ3v) is 8.88. The van der Waals surface area contributed by atoms with Crippen LogP contribution in [0.3, 0.4) is 0 Å². The fourth-order valence-corrected chi connectivity index (χ4v) is 6.59. The Morgan fingerprint density at radius 1 is 1.15 bits per heavy atom. The van der Waals surface area contributed by atoms with E-state index in [0.29, 0.717) is 53.3 Å². The van der Waals surface area contributed by atoms with E-state index < -0.39 is 23.9 Å². The van der Waals surface area contributed by atoms with Gasteiger partial charge >= 0.3 is 0 Å². The van der Waals surface area contributed by atoms with E-state index in [-0.39, 0.29) is 17.7 Å². The number of fused-ring (bicyclic) bond motifs is 4. The number of nitrogens with zero attached hydrogens (tertiary/aromatic N) is 2. The van der Waals surface area contributed by atoms with Crippen molar-refractivity contribution in [1.29, 1.82) is 0 Å². The van der Waals surface area contributed by atoms with Crippen LogP contribution in [0.25, 0.3) is 0 Å². The van der Waals surface area contributed by atoms with Crippen LogP contribution in [0.15, 0.2) is 22.6 Å². The highest BCUT2D eigenvalue weighted by Gasteiger charge is 2.58. The van der Waals surface area contributed by atoms with Crippen molar-refractivity contribution in [3.63, 3.8) is 0 Å². The number of amides is 1. The molecule has 7 rings (SSSR count). The predicted molar refractivity (Wildman–Crippen MR) is 123 cm³/mol. The molecular weight excluding hydrogens is 458 g/mol. The van der Waals surface area contributed by atoms with Crippen molar-refractivity contribution < 1.29 is 24.2 Å². The summed E-state index contributed by atoms with van der Waals surface area (Å²) in [4.78, 5) is 13.2. The highest BCUT2D eigenvalue weighted by atomic mass is 35.5. The minimum absolute atomic E-state index is 0.139. The van der Waals surface area contributed by atoms with Crippen LogP contribution in [-0.4, -0.2) is 44.1 Å². The van der Waals surface area contributed by atoms with Gasteiger partial charge in [-0.25, -0.2) is 0 Å². The van der Waals surface area contributed by atoms with Crippen molar-refractivity contribution in [2.24, 2.45) is 5.92 Å². The van der Waals surface area contributed by atoms with E-state index in [1.165, 1.54) is 0 Å². The van der Waals surface area contributed by atoms with E-state index in [2.05, 4.69) is 22.4 Å². The highest BCUT2D eigenvalue weighted by Crippen LogP contribution is 2.54. The van der Waals surface area contributed by atoms with Gasteiger partial charge < -0.3 is 24.7 Å². The second-order valence-electron chi connectivity index (χ2n) is 10.9. The second-order valence-corrected chi connectivity index (χ2v) is 11.3. The molecule has 0 saturated heterocycles. The molecule has 3 atom stereocenters. The third kappa shape index (κ3) is 3.53. The van der Waals surface area contributed by atoms with Gasteiger partial charge in [0.25, 0.3) is 5.91 Å². The molecule has 2 heterocycles. The van der Waals surface area contributed by atoms with Crippen LogP contribution in [0, 0.1) is 5.92 Å². The van der Waals surface area contributed by atoms with Crippen LogP contribution in [-0.2, 0) is 10.2 Å². The summed E-state index contributed by atoms with van der Waals surface area (Å²) in [5.74, 6) is 2.56. The quantitative estimate of drug-likeness (QED) is 0.603.